The van der Waals surface area contributed by atoms with Crippen LogP contribution in [0.4, 0.5) is 0 Å². The van der Waals surface area contributed by atoms with E-state index in [1.54, 1.807) is 0 Å². The van der Waals surface area contributed by atoms with Gasteiger partial charge in [0.1, 0.15) is 0 Å². The van der Waals surface area contributed by atoms with E-state index in [1.807, 2.05) is 6.92 Å². The molecule has 3 heterocycles. The zero-order chi connectivity index (χ0) is 19.9. The molecule has 0 aromatic carbocycles. The molecule has 7 heteroatoms. The van der Waals surface area contributed by atoms with Gasteiger partial charge in [-0.1, -0.05) is 18.2 Å². The van der Waals surface area contributed by atoms with Crippen LogP contribution in [0.15, 0.2) is 28.1 Å². The van der Waals surface area contributed by atoms with Crippen molar-refractivity contribution < 1.29 is 13.7 Å². The number of nitrogens with zero attached hydrogens (tertiary/aromatic N) is 3. The fourth-order valence-electron chi connectivity index (χ4n) is 4.14. The van der Waals surface area contributed by atoms with E-state index in [0.29, 0.717) is 17.7 Å². The van der Waals surface area contributed by atoms with E-state index in [4.69, 9.17) is 13.7 Å². The maximum atomic E-state index is 6.17. The van der Waals surface area contributed by atoms with Crippen molar-refractivity contribution in [3.05, 3.63) is 35.5 Å². The molecule has 152 valence electrons. The number of likely N-dealkylation sites (tertiary alicyclic amines) is 1. The smallest absolute Gasteiger partial charge is 0.425 e. The first kappa shape index (κ1) is 19.9. The fourth-order valence-corrected chi connectivity index (χ4v) is 4.14. The summed E-state index contributed by atoms with van der Waals surface area (Å²) in [6.45, 7) is 13.5. The molecule has 1 atom stereocenters. The standard InChI is InChI=1S/C21H32BN3O3/c1-15-23-24-19(26-15)17-10-12-25(13-11-17)14-16-6-8-18(9-7-16)22-27-20(2,3)21(4,5)28-22/h6,8-9,16-17H,7,10-14H2,1-5H3. The molecule has 0 N–H and O–H groups in total. The van der Waals surface area contributed by atoms with E-state index in [-0.39, 0.29) is 18.3 Å². The molecule has 1 aromatic rings. The third-order valence-electron chi connectivity index (χ3n) is 6.71. The summed E-state index contributed by atoms with van der Waals surface area (Å²) in [5.74, 6) is 2.43. The van der Waals surface area contributed by atoms with Crippen LogP contribution in [0.1, 0.15) is 64.7 Å². The Hall–Kier alpha value is -1.44. The summed E-state index contributed by atoms with van der Waals surface area (Å²) in [6, 6.07) is 0. The molecule has 0 bridgehead atoms. The molecule has 0 spiro atoms. The van der Waals surface area contributed by atoms with Crippen LogP contribution in [0.25, 0.3) is 0 Å². The largest absolute Gasteiger partial charge is 0.494 e. The molecule has 2 fully saturated rings. The molecule has 0 saturated carbocycles. The quantitative estimate of drug-likeness (QED) is 0.737. The van der Waals surface area contributed by atoms with Crippen LogP contribution >= 0.6 is 0 Å². The summed E-state index contributed by atoms with van der Waals surface area (Å²) in [5, 5.41) is 8.16. The van der Waals surface area contributed by atoms with Gasteiger partial charge in [0.25, 0.3) is 0 Å². The Morgan fingerprint density at radius 2 is 1.79 bits per heavy atom. The first-order valence-corrected chi connectivity index (χ1v) is 10.5. The van der Waals surface area contributed by atoms with Crippen LogP contribution in [0.5, 0.6) is 0 Å². The third-order valence-corrected chi connectivity index (χ3v) is 6.71. The highest BCUT2D eigenvalue weighted by Gasteiger charge is 2.52. The lowest BCUT2D eigenvalue weighted by Gasteiger charge is -2.32. The number of hydrogen-bond donors (Lipinski definition) is 0. The van der Waals surface area contributed by atoms with Crippen molar-refractivity contribution in [2.75, 3.05) is 19.6 Å². The van der Waals surface area contributed by atoms with Crippen molar-refractivity contribution in [2.45, 2.75) is 71.0 Å². The Balaban J connectivity index is 1.26. The second-order valence-corrected chi connectivity index (χ2v) is 9.38. The molecule has 3 aliphatic rings. The maximum absolute atomic E-state index is 6.17. The SMILES string of the molecule is Cc1nnc(C2CCN(CC3C=CC(B4OC(C)(C)C(C)(C)O4)=CC3)CC2)o1. The Bertz CT molecular complexity index is 747. The van der Waals surface area contributed by atoms with Gasteiger partial charge in [-0.3, -0.25) is 0 Å². The molecule has 6 nitrogen and oxygen atoms in total. The van der Waals surface area contributed by atoms with Crippen LogP contribution < -0.4 is 0 Å². The van der Waals surface area contributed by atoms with Crippen LogP contribution in [0.2, 0.25) is 0 Å². The Morgan fingerprint density at radius 3 is 2.32 bits per heavy atom. The van der Waals surface area contributed by atoms with Gasteiger partial charge in [-0.15, -0.1) is 10.2 Å². The highest BCUT2D eigenvalue weighted by Crippen LogP contribution is 2.39. The molecule has 0 radical (unpaired) electrons. The van der Waals surface area contributed by atoms with Gasteiger partial charge >= 0.3 is 7.12 Å². The van der Waals surface area contributed by atoms with Crippen LogP contribution in [0.3, 0.4) is 0 Å². The highest BCUT2D eigenvalue weighted by molar-refractivity contribution is 6.55. The Labute approximate surface area is 168 Å². The summed E-state index contributed by atoms with van der Waals surface area (Å²) in [5.41, 5.74) is 0.579. The lowest BCUT2D eigenvalue weighted by atomic mass is 9.74. The van der Waals surface area contributed by atoms with Gasteiger partial charge in [0.2, 0.25) is 11.8 Å². The lowest BCUT2D eigenvalue weighted by Crippen LogP contribution is -2.41. The van der Waals surface area contributed by atoms with E-state index in [1.165, 1.54) is 0 Å². The topological polar surface area (TPSA) is 60.6 Å². The van der Waals surface area contributed by atoms with Crippen molar-refractivity contribution in [3.63, 3.8) is 0 Å². The van der Waals surface area contributed by atoms with Crippen LogP contribution in [-0.2, 0) is 9.31 Å². The van der Waals surface area contributed by atoms with Gasteiger partial charge in [0.05, 0.1) is 11.2 Å². The van der Waals surface area contributed by atoms with Gasteiger partial charge in [0, 0.05) is 19.4 Å². The van der Waals surface area contributed by atoms with Crippen molar-refractivity contribution >= 4 is 7.12 Å². The predicted molar refractivity (Wildman–Crippen MR) is 109 cm³/mol. The maximum Gasteiger partial charge on any atom is 0.494 e. The summed E-state index contributed by atoms with van der Waals surface area (Å²) < 4.78 is 18.0. The number of aryl methyl sites for hydroxylation is 1. The average Bonchev–Trinajstić information content (AvgIpc) is 3.17. The first-order chi connectivity index (χ1) is 13.2. The molecule has 0 amide bonds. The van der Waals surface area contributed by atoms with E-state index >= 15 is 0 Å². The molecule has 1 aliphatic carbocycles. The third kappa shape index (κ3) is 3.98. The average molecular weight is 385 g/mol. The molecule has 1 unspecified atom stereocenters. The number of piperidine rings is 1. The Morgan fingerprint density at radius 1 is 1.11 bits per heavy atom. The molecule has 2 aliphatic heterocycles. The van der Waals surface area contributed by atoms with Crippen LogP contribution in [-0.4, -0.2) is 53.1 Å². The van der Waals surface area contributed by atoms with Crippen molar-refractivity contribution in [2.24, 2.45) is 5.92 Å². The van der Waals surface area contributed by atoms with E-state index in [2.05, 4.69) is 61.0 Å². The van der Waals surface area contributed by atoms with Gasteiger partial charge in [0.15, 0.2) is 0 Å². The first-order valence-electron chi connectivity index (χ1n) is 10.5. The number of allylic oxidation sites excluding steroid dienone is 3. The predicted octanol–water partition coefficient (Wildman–Crippen LogP) is 3.69. The van der Waals surface area contributed by atoms with Crippen molar-refractivity contribution in [1.82, 2.24) is 15.1 Å². The Kier molecular flexibility index (Phi) is 5.27. The minimum absolute atomic E-state index is 0.254. The second-order valence-electron chi connectivity index (χ2n) is 9.38. The van der Waals surface area contributed by atoms with Gasteiger partial charge in [-0.25, -0.2) is 0 Å². The zero-order valence-electron chi connectivity index (χ0n) is 17.8. The number of hydrogen-bond acceptors (Lipinski definition) is 6. The van der Waals surface area contributed by atoms with Gasteiger partial charge < -0.3 is 18.6 Å². The second kappa shape index (κ2) is 7.43. The van der Waals surface area contributed by atoms with E-state index in [0.717, 1.165) is 50.3 Å². The highest BCUT2D eigenvalue weighted by atomic mass is 16.7. The summed E-state index contributed by atoms with van der Waals surface area (Å²) in [4.78, 5) is 2.56. The normalized spacial score (nSPS) is 28.0. The van der Waals surface area contributed by atoms with E-state index < -0.39 is 0 Å². The minimum atomic E-state index is -0.287. The zero-order valence-corrected chi connectivity index (χ0v) is 17.8. The fraction of sp³-hybridized carbons (Fsp3) is 0.714. The minimum Gasteiger partial charge on any atom is -0.425 e. The molecule has 28 heavy (non-hydrogen) atoms. The van der Waals surface area contributed by atoms with Crippen molar-refractivity contribution in [1.29, 1.82) is 0 Å². The van der Waals surface area contributed by atoms with Gasteiger partial charge in [-0.05, 0) is 71.4 Å². The van der Waals surface area contributed by atoms with E-state index in [9.17, 15) is 0 Å². The van der Waals surface area contributed by atoms with Gasteiger partial charge in [-0.2, -0.15) is 0 Å². The monoisotopic (exact) mass is 385 g/mol. The molecular formula is C21H32BN3O3. The van der Waals surface area contributed by atoms with Crippen LogP contribution in [0, 0.1) is 12.8 Å². The summed E-state index contributed by atoms with van der Waals surface area (Å²) >= 11 is 0. The summed E-state index contributed by atoms with van der Waals surface area (Å²) in [6.07, 6.45) is 10.0. The number of rotatable bonds is 4. The lowest BCUT2D eigenvalue weighted by molar-refractivity contribution is 0.00578. The number of aromatic nitrogens is 2. The molecule has 1 aromatic heterocycles. The van der Waals surface area contributed by atoms with Crippen molar-refractivity contribution in [3.8, 4) is 0 Å². The molecular weight excluding hydrogens is 353 g/mol. The molecule has 2 saturated heterocycles. The molecule has 4 rings (SSSR count). The summed E-state index contributed by atoms with van der Waals surface area (Å²) in [7, 11) is -0.254.